The highest BCUT2D eigenvalue weighted by molar-refractivity contribution is 7.09. The average molecular weight is 340 g/mol. The number of nitriles is 1. The SMILES string of the molecule is Cc1nc(CC(=O)N2CCCN(c3ccc(C#N)cc3)CC2)cs1. The van der Waals surface area contributed by atoms with Crippen molar-refractivity contribution in [1.29, 1.82) is 5.26 Å². The van der Waals surface area contributed by atoms with E-state index in [1.165, 1.54) is 0 Å². The lowest BCUT2D eigenvalue weighted by Crippen LogP contribution is -2.36. The second-order valence-electron chi connectivity index (χ2n) is 5.91. The highest BCUT2D eigenvalue weighted by Crippen LogP contribution is 2.18. The van der Waals surface area contributed by atoms with Crippen LogP contribution in [-0.2, 0) is 11.2 Å². The first-order valence-electron chi connectivity index (χ1n) is 8.09. The molecule has 0 saturated carbocycles. The number of hydrogen-bond acceptors (Lipinski definition) is 5. The smallest absolute Gasteiger partial charge is 0.228 e. The minimum Gasteiger partial charge on any atom is -0.370 e. The number of aromatic nitrogens is 1. The Morgan fingerprint density at radius 3 is 2.71 bits per heavy atom. The first-order valence-corrected chi connectivity index (χ1v) is 8.97. The summed E-state index contributed by atoms with van der Waals surface area (Å²) in [5.74, 6) is 0.155. The number of rotatable bonds is 3. The van der Waals surface area contributed by atoms with Crippen LogP contribution in [-0.4, -0.2) is 42.0 Å². The van der Waals surface area contributed by atoms with Crippen LogP contribution in [0.3, 0.4) is 0 Å². The second kappa shape index (κ2) is 7.45. The summed E-state index contributed by atoms with van der Waals surface area (Å²) >= 11 is 1.58. The van der Waals surface area contributed by atoms with Gasteiger partial charge < -0.3 is 9.80 Å². The first kappa shape index (κ1) is 16.5. The lowest BCUT2D eigenvalue weighted by Gasteiger charge is -2.23. The van der Waals surface area contributed by atoms with Crippen molar-refractivity contribution < 1.29 is 4.79 Å². The van der Waals surface area contributed by atoms with E-state index < -0.39 is 0 Å². The van der Waals surface area contributed by atoms with Gasteiger partial charge in [-0.15, -0.1) is 11.3 Å². The lowest BCUT2D eigenvalue weighted by molar-refractivity contribution is -0.130. The summed E-state index contributed by atoms with van der Waals surface area (Å²) in [7, 11) is 0. The Kier molecular flexibility index (Phi) is 5.11. The molecule has 3 rings (SSSR count). The van der Waals surface area contributed by atoms with Crippen molar-refractivity contribution >= 4 is 22.9 Å². The van der Waals surface area contributed by atoms with Gasteiger partial charge in [-0.3, -0.25) is 4.79 Å². The second-order valence-corrected chi connectivity index (χ2v) is 6.98. The van der Waals surface area contributed by atoms with Gasteiger partial charge in [-0.2, -0.15) is 5.26 Å². The molecule has 1 aliphatic heterocycles. The van der Waals surface area contributed by atoms with Gasteiger partial charge in [-0.05, 0) is 37.6 Å². The molecule has 1 amide bonds. The third kappa shape index (κ3) is 3.92. The van der Waals surface area contributed by atoms with Gasteiger partial charge in [0, 0.05) is 37.2 Å². The minimum atomic E-state index is 0.155. The molecular formula is C18H20N4OS. The van der Waals surface area contributed by atoms with Crippen LogP contribution >= 0.6 is 11.3 Å². The summed E-state index contributed by atoms with van der Waals surface area (Å²) < 4.78 is 0. The minimum absolute atomic E-state index is 0.155. The summed E-state index contributed by atoms with van der Waals surface area (Å²) in [4.78, 5) is 21.1. The number of hydrogen-bond donors (Lipinski definition) is 0. The van der Waals surface area contributed by atoms with E-state index >= 15 is 0 Å². The maximum atomic E-state index is 12.5. The van der Waals surface area contributed by atoms with Crippen LogP contribution in [0.25, 0.3) is 0 Å². The van der Waals surface area contributed by atoms with Crippen molar-refractivity contribution in [2.45, 2.75) is 19.8 Å². The maximum absolute atomic E-state index is 12.5. The van der Waals surface area contributed by atoms with Crippen LogP contribution in [0, 0.1) is 18.3 Å². The molecule has 0 unspecified atom stereocenters. The Hall–Kier alpha value is -2.39. The van der Waals surface area contributed by atoms with Gasteiger partial charge in [0.2, 0.25) is 5.91 Å². The third-order valence-corrected chi connectivity index (χ3v) is 5.03. The van der Waals surface area contributed by atoms with Crippen LogP contribution < -0.4 is 4.90 Å². The predicted octanol–water partition coefficient (Wildman–Crippen LogP) is 2.60. The van der Waals surface area contributed by atoms with Gasteiger partial charge in [-0.25, -0.2) is 4.98 Å². The number of thiazole rings is 1. The molecule has 1 aliphatic rings. The van der Waals surface area contributed by atoms with E-state index in [0.29, 0.717) is 12.0 Å². The van der Waals surface area contributed by atoms with E-state index in [4.69, 9.17) is 5.26 Å². The number of carbonyl (C=O) groups excluding carboxylic acids is 1. The summed E-state index contributed by atoms with van der Waals surface area (Å²) in [6.07, 6.45) is 1.34. The van der Waals surface area contributed by atoms with Gasteiger partial charge in [0.1, 0.15) is 0 Å². The van der Waals surface area contributed by atoms with Crippen molar-refractivity contribution in [3.8, 4) is 6.07 Å². The molecule has 124 valence electrons. The van der Waals surface area contributed by atoms with Crippen LogP contribution in [0.1, 0.15) is 22.7 Å². The van der Waals surface area contributed by atoms with E-state index in [0.717, 1.165) is 49.0 Å². The average Bonchev–Trinajstić information content (AvgIpc) is 2.86. The molecule has 2 aromatic rings. The fourth-order valence-electron chi connectivity index (χ4n) is 2.93. The molecule has 0 spiro atoms. The van der Waals surface area contributed by atoms with Crippen LogP contribution in [0.5, 0.6) is 0 Å². The fourth-order valence-corrected chi connectivity index (χ4v) is 3.54. The lowest BCUT2D eigenvalue weighted by atomic mass is 10.2. The Morgan fingerprint density at radius 2 is 2.04 bits per heavy atom. The molecule has 0 bridgehead atoms. The van der Waals surface area contributed by atoms with E-state index in [1.54, 1.807) is 11.3 Å². The van der Waals surface area contributed by atoms with E-state index in [-0.39, 0.29) is 5.91 Å². The number of nitrogens with zero attached hydrogens (tertiary/aromatic N) is 4. The largest absolute Gasteiger partial charge is 0.370 e. The molecule has 1 aromatic carbocycles. The molecule has 1 saturated heterocycles. The normalized spacial score (nSPS) is 15.0. The molecule has 1 fully saturated rings. The van der Waals surface area contributed by atoms with Crippen LogP contribution in [0.2, 0.25) is 0 Å². The molecule has 1 aromatic heterocycles. The highest BCUT2D eigenvalue weighted by atomic mass is 32.1. The Labute approximate surface area is 146 Å². The van der Waals surface area contributed by atoms with Gasteiger partial charge in [0.15, 0.2) is 0 Å². The van der Waals surface area contributed by atoms with Gasteiger partial charge >= 0.3 is 0 Å². The van der Waals surface area contributed by atoms with Crippen LogP contribution in [0.15, 0.2) is 29.6 Å². The van der Waals surface area contributed by atoms with Crippen molar-refractivity contribution in [2.75, 3.05) is 31.1 Å². The standard InChI is InChI=1S/C18H20N4OS/c1-14-20-16(13-24-14)11-18(23)22-8-2-7-21(9-10-22)17-5-3-15(12-19)4-6-17/h3-6,13H,2,7-11H2,1H3. The van der Waals surface area contributed by atoms with E-state index in [1.807, 2.05) is 41.5 Å². The van der Waals surface area contributed by atoms with Crippen molar-refractivity contribution in [2.24, 2.45) is 0 Å². The van der Waals surface area contributed by atoms with E-state index in [2.05, 4.69) is 16.0 Å². The Bertz CT molecular complexity index is 747. The molecule has 0 N–H and O–H groups in total. The molecule has 2 heterocycles. The number of anilines is 1. The zero-order chi connectivity index (χ0) is 16.9. The van der Waals surface area contributed by atoms with Gasteiger partial charge in [0.05, 0.1) is 28.8 Å². The number of amides is 1. The fraction of sp³-hybridized carbons (Fsp3) is 0.389. The van der Waals surface area contributed by atoms with Crippen molar-refractivity contribution in [1.82, 2.24) is 9.88 Å². The molecular weight excluding hydrogens is 320 g/mol. The third-order valence-electron chi connectivity index (χ3n) is 4.21. The van der Waals surface area contributed by atoms with Crippen LogP contribution in [0.4, 0.5) is 5.69 Å². The topological polar surface area (TPSA) is 60.2 Å². The Balaban J connectivity index is 1.59. The molecule has 0 aliphatic carbocycles. The highest BCUT2D eigenvalue weighted by Gasteiger charge is 2.20. The van der Waals surface area contributed by atoms with E-state index in [9.17, 15) is 4.79 Å². The maximum Gasteiger partial charge on any atom is 0.228 e. The summed E-state index contributed by atoms with van der Waals surface area (Å²) in [5, 5.41) is 11.9. The quantitative estimate of drug-likeness (QED) is 0.862. The van der Waals surface area contributed by atoms with Gasteiger partial charge in [0.25, 0.3) is 0 Å². The predicted molar refractivity (Wildman–Crippen MR) is 95.1 cm³/mol. The molecule has 5 nitrogen and oxygen atoms in total. The monoisotopic (exact) mass is 340 g/mol. The zero-order valence-corrected chi connectivity index (χ0v) is 14.6. The molecule has 6 heteroatoms. The molecule has 24 heavy (non-hydrogen) atoms. The number of aryl methyl sites for hydroxylation is 1. The summed E-state index contributed by atoms with van der Waals surface area (Å²) in [6, 6.07) is 9.78. The van der Waals surface area contributed by atoms with Gasteiger partial charge in [-0.1, -0.05) is 0 Å². The molecule has 0 atom stereocenters. The van der Waals surface area contributed by atoms with Crippen molar-refractivity contribution in [3.63, 3.8) is 0 Å². The number of carbonyl (C=O) groups is 1. The Morgan fingerprint density at radius 1 is 1.25 bits per heavy atom. The number of benzene rings is 1. The first-order chi connectivity index (χ1) is 11.7. The summed E-state index contributed by atoms with van der Waals surface area (Å²) in [6.45, 7) is 5.20. The summed E-state index contributed by atoms with van der Waals surface area (Å²) in [5.41, 5.74) is 2.65. The zero-order valence-electron chi connectivity index (χ0n) is 13.7. The molecule has 0 radical (unpaired) electrons. The van der Waals surface area contributed by atoms with Crippen molar-refractivity contribution in [3.05, 3.63) is 45.9 Å².